The fraction of sp³-hybridized carbons (Fsp3) is 0.400. The van der Waals surface area contributed by atoms with Crippen LogP contribution in [0.1, 0.15) is 34.9 Å². The molecule has 0 radical (unpaired) electrons. The number of nitrogens with one attached hydrogen (secondary N) is 2. The van der Waals surface area contributed by atoms with Crippen LogP contribution in [-0.4, -0.2) is 34.0 Å². The Labute approximate surface area is 149 Å². The van der Waals surface area contributed by atoms with E-state index in [1.807, 2.05) is 28.9 Å². The van der Waals surface area contributed by atoms with Crippen LogP contribution in [0, 0.1) is 0 Å². The van der Waals surface area contributed by atoms with Crippen molar-refractivity contribution in [3.63, 3.8) is 0 Å². The van der Waals surface area contributed by atoms with Crippen LogP contribution < -0.4 is 10.6 Å². The van der Waals surface area contributed by atoms with Crippen molar-refractivity contribution in [1.82, 2.24) is 25.6 Å². The quantitative estimate of drug-likeness (QED) is 0.826. The predicted octanol–water partition coefficient (Wildman–Crippen LogP) is 2.32. The summed E-state index contributed by atoms with van der Waals surface area (Å²) in [6.07, 6.45) is 3.78. The molecular weight excluding hydrogens is 382 g/mol. The Bertz CT molecular complexity index is 640. The summed E-state index contributed by atoms with van der Waals surface area (Å²) in [5, 5.41) is 14.3. The van der Waals surface area contributed by atoms with Gasteiger partial charge in [0.05, 0.1) is 12.2 Å². The van der Waals surface area contributed by atoms with Crippen LogP contribution in [-0.2, 0) is 6.54 Å². The molecule has 23 heavy (non-hydrogen) atoms. The minimum Gasteiger partial charge on any atom is -0.347 e. The van der Waals surface area contributed by atoms with E-state index in [-0.39, 0.29) is 18.3 Å². The SMILES string of the molecule is Cl.O=C(NCc1ccc(Br)cc1)c1cn(C2CCNCC2)nn1. The molecule has 1 amide bonds. The average molecular weight is 401 g/mol. The summed E-state index contributed by atoms with van der Waals surface area (Å²) in [4.78, 5) is 12.1. The van der Waals surface area contributed by atoms with Gasteiger partial charge in [0.2, 0.25) is 0 Å². The number of rotatable bonds is 4. The van der Waals surface area contributed by atoms with E-state index >= 15 is 0 Å². The van der Waals surface area contributed by atoms with Crippen LogP contribution in [0.5, 0.6) is 0 Å². The number of hydrogen-bond acceptors (Lipinski definition) is 4. The second-order valence-corrected chi connectivity index (χ2v) is 6.29. The standard InChI is InChI=1S/C15H18BrN5O.ClH/c16-12-3-1-11(2-4-12)9-18-15(22)14-10-21(20-19-14)13-5-7-17-8-6-13;/h1-4,10,13,17H,5-9H2,(H,18,22);1H. The first kappa shape index (κ1) is 17.9. The van der Waals surface area contributed by atoms with E-state index in [1.54, 1.807) is 6.20 Å². The van der Waals surface area contributed by atoms with Crippen molar-refractivity contribution >= 4 is 34.2 Å². The van der Waals surface area contributed by atoms with Gasteiger partial charge in [0, 0.05) is 11.0 Å². The van der Waals surface area contributed by atoms with Gasteiger partial charge in [0.25, 0.3) is 5.91 Å². The Balaban J connectivity index is 0.00000192. The molecule has 2 heterocycles. The van der Waals surface area contributed by atoms with Crippen LogP contribution in [0.15, 0.2) is 34.9 Å². The largest absolute Gasteiger partial charge is 0.347 e. The summed E-state index contributed by atoms with van der Waals surface area (Å²) < 4.78 is 2.84. The number of piperidine rings is 1. The number of halogens is 2. The molecule has 1 fully saturated rings. The number of nitrogens with zero attached hydrogens (tertiary/aromatic N) is 3. The van der Waals surface area contributed by atoms with Crippen molar-refractivity contribution in [2.24, 2.45) is 0 Å². The van der Waals surface area contributed by atoms with E-state index in [0.717, 1.165) is 36.0 Å². The van der Waals surface area contributed by atoms with Gasteiger partial charge in [-0.1, -0.05) is 33.3 Å². The molecule has 124 valence electrons. The summed E-state index contributed by atoms with van der Waals surface area (Å²) >= 11 is 3.39. The highest BCUT2D eigenvalue weighted by Gasteiger charge is 2.18. The zero-order chi connectivity index (χ0) is 15.4. The number of amides is 1. The molecule has 0 aliphatic carbocycles. The number of carbonyl (C=O) groups is 1. The smallest absolute Gasteiger partial charge is 0.273 e. The molecule has 1 saturated heterocycles. The highest BCUT2D eigenvalue weighted by atomic mass is 79.9. The van der Waals surface area contributed by atoms with Gasteiger partial charge in [-0.3, -0.25) is 4.79 Å². The summed E-state index contributed by atoms with van der Waals surface area (Å²) in [5.74, 6) is -0.192. The van der Waals surface area contributed by atoms with Gasteiger partial charge in [0.15, 0.2) is 5.69 Å². The molecule has 2 aromatic rings. The van der Waals surface area contributed by atoms with Crippen LogP contribution in [0.3, 0.4) is 0 Å². The van der Waals surface area contributed by atoms with Gasteiger partial charge in [-0.2, -0.15) is 0 Å². The van der Waals surface area contributed by atoms with Crippen LogP contribution in [0.25, 0.3) is 0 Å². The number of benzene rings is 1. The van der Waals surface area contributed by atoms with E-state index in [0.29, 0.717) is 18.3 Å². The normalized spacial score (nSPS) is 15.0. The highest BCUT2D eigenvalue weighted by molar-refractivity contribution is 9.10. The maximum absolute atomic E-state index is 12.1. The molecule has 1 aliphatic rings. The number of carbonyl (C=O) groups excluding carboxylic acids is 1. The van der Waals surface area contributed by atoms with Crippen molar-refractivity contribution in [3.05, 3.63) is 46.2 Å². The molecule has 0 saturated carbocycles. The zero-order valence-electron chi connectivity index (χ0n) is 12.5. The first-order chi connectivity index (χ1) is 10.7. The van der Waals surface area contributed by atoms with Crippen molar-refractivity contribution in [2.75, 3.05) is 13.1 Å². The lowest BCUT2D eigenvalue weighted by Gasteiger charge is -2.22. The zero-order valence-corrected chi connectivity index (χ0v) is 14.9. The molecular formula is C15H19BrClN5O. The average Bonchev–Trinajstić information content (AvgIpc) is 3.05. The molecule has 3 rings (SSSR count). The Hall–Kier alpha value is -1.44. The molecule has 2 N–H and O–H groups in total. The van der Waals surface area contributed by atoms with Gasteiger partial charge in [-0.15, -0.1) is 17.5 Å². The van der Waals surface area contributed by atoms with E-state index in [2.05, 4.69) is 36.9 Å². The lowest BCUT2D eigenvalue weighted by Crippen LogP contribution is -2.29. The minimum atomic E-state index is -0.192. The topological polar surface area (TPSA) is 71.8 Å². The molecule has 0 bridgehead atoms. The van der Waals surface area contributed by atoms with E-state index in [4.69, 9.17) is 0 Å². The second-order valence-electron chi connectivity index (χ2n) is 5.37. The summed E-state index contributed by atoms with van der Waals surface area (Å²) in [5.41, 5.74) is 1.41. The summed E-state index contributed by atoms with van der Waals surface area (Å²) in [7, 11) is 0. The van der Waals surface area contributed by atoms with Crippen LogP contribution in [0.4, 0.5) is 0 Å². The van der Waals surface area contributed by atoms with E-state index in [1.165, 1.54) is 0 Å². The number of aromatic nitrogens is 3. The molecule has 8 heteroatoms. The fourth-order valence-electron chi connectivity index (χ4n) is 2.51. The third-order valence-corrected chi connectivity index (χ3v) is 4.32. The summed E-state index contributed by atoms with van der Waals surface area (Å²) in [6, 6.07) is 8.18. The van der Waals surface area contributed by atoms with Gasteiger partial charge in [-0.05, 0) is 43.6 Å². The summed E-state index contributed by atoms with van der Waals surface area (Å²) in [6.45, 7) is 2.44. The Kier molecular flexibility index (Phi) is 6.56. The predicted molar refractivity (Wildman–Crippen MR) is 93.7 cm³/mol. The maximum Gasteiger partial charge on any atom is 0.273 e. The van der Waals surface area contributed by atoms with Crippen molar-refractivity contribution in [3.8, 4) is 0 Å². The fourth-order valence-corrected chi connectivity index (χ4v) is 2.77. The first-order valence-corrected chi connectivity index (χ1v) is 8.17. The molecule has 0 spiro atoms. The molecule has 0 unspecified atom stereocenters. The molecule has 0 atom stereocenters. The maximum atomic E-state index is 12.1. The van der Waals surface area contributed by atoms with Crippen molar-refractivity contribution in [2.45, 2.75) is 25.4 Å². The Morgan fingerprint density at radius 1 is 1.30 bits per heavy atom. The van der Waals surface area contributed by atoms with Gasteiger partial charge < -0.3 is 10.6 Å². The van der Waals surface area contributed by atoms with Crippen molar-refractivity contribution < 1.29 is 4.79 Å². The van der Waals surface area contributed by atoms with Crippen molar-refractivity contribution in [1.29, 1.82) is 0 Å². The van der Waals surface area contributed by atoms with Crippen LogP contribution in [0.2, 0.25) is 0 Å². The Morgan fingerprint density at radius 2 is 2.00 bits per heavy atom. The monoisotopic (exact) mass is 399 g/mol. The Morgan fingerprint density at radius 3 is 2.70 bits per heavy atom. The lowest BCUT2D eigenvalue weighted by atomic mass is 10.1. The number of hydrogen-bond donors (Lipinski definition) is 2. The van der Waals surface area contributed by atoms with E-state index < -0.39 is 0 Å². The molecule has 1 aromatic heterocycles. The molecule has 1 aromatic carbocycles. The third kappa shape index (κ3) is 4.76. The van der Waals surface area contributed by atoms with Gasteiger partial charge in [-0.25, -0.2) is 4.68 Å². The lowest BCUT2D eigenvalue weighted by molar-refractivity contribution is 0.0946. The molecule has 1 aliphatic heterocycles. The minimum absolute atomic E-state index is 0. The van der Waals surface area contributed by atoms with Crippen LogP contribution >= 0.6 is 28.3 Å². The van der Waals surface area contributed by atoms with Gasteiger partial charge in [0.1, 0.15) is 0 Å². The highest BCUT2D eigenvalue weighted by Crippen LogP contribution is 2.17. The first-order valence-electron chi connectivity index (χ1n) is 7.37. The van der Waals surface area contributed by atoms with E-state index in [9.17, 15) is 4.79 Å². The molecule has 6 nitrogen and oxygen atoms in total. The third-order valence-electron chi connectivity index (χ3n) is 3.79. The second kappa shape index (κ2) is 8.42. The van der Waals surface area contributed by atoms with Gasteiger partial charge >= 0.3 is 0 Å².